The molecule has 0 unspecified atom stereocenters. The summed E-state index contributed by atoms with van der Waals surface area (Å²) in [5.74, 6) is -0.233. The van der Waals surface area contributed by atoms with Crippen molar-refractivity contribution in [2.24, 2.45) is 0 Å². The van der Waals surface area contributed by atoms with Gasteiger partial charge in [0.1, 0.15) is 17.4 Å². The van der Waals surface area contributed by atoms with E-state index in [0.717, 1.165) is 5.56 Å². The zero-order valence-electron chi connectivity index (χ0n) is 14.6. The quantitative estimate of drug-likeness (QED) is 0.557. The van der Waals surface area contributed by atoms with E-state index in [1.54, 1.807) is 24.3 Å². The molecule has 28 heavy (non-hydrogen) atoms. The molecule has 4 rings (SSSR count). The van der Waals surface area contributed by atoms with Crippen LogP contribution in [0.1, 0.15) is 6.42 Å². The number of aryl methyl sites for hydroxylation is 1. The Balaban J connectivity index is 1.55. The van der Waals surface area contributed by atoms with Crippen LogP contribution in [0, 0.1) is 0 Å². The number of nitrogens with zero attached hydrogens (tertiary/aromatic N) is 3. The van der Waals surface area contributed by atoms with Crippen molar-refractivity contribution in [3.63, 3.8) is 0 Å². The van der Waals surface area contributed by atoms with E-state index < -0.39 is 0 Å². The SMILES string of the molecule is O=C(CCn1cnc2onc(-c3ccccc3)c2c1=O)Nc1cccc(Cl)c1. The molecule has 1 amide bonds. The molecule has 4 aromatic rings. The summed E-state index contributed by atoms with van der Waals surface area (Å²) in [6, 6.07) is 16.1. The molecule has 0 saturated carbocycles. The van der Waals surface area contributed by atoms with Gasteiger partial charge in [-0.1, -0.05) is 53.2 Å². The fourth-order valence-electron chi connectivity index (χ4n) is 2.84. The molecule has 0 spiro atoms. The number of hydrogen-bond acceptors (Lipinski definition) is 5. The van der Waals surface area contributed by atoms with Crippen LogP contribution in [0.25, 0.3) is 22.4 Å². The second-order valence-electron chi connectivity index (χ2n) is 6.13. The number of carbonyl (C=O) groups excluding carboxylic acids is 1. The number of rotatable bonds is 5. The molecule has 1 N–H and O–H groups in total. The van der Waals surface area contributed by atoms with Gasteiger partial charge in [-0.05, 0) is 18.2 Å². The third-order valence-corrected chi connectivity index (χ3v) is 4.43. The van der Waals surface area contributed by atoms with Crippen molar-refractivity contribution in [2.45, 2.75) is 13.0 Å². The first-order valence-corrected chi connectivity index (χ1v) is 8.95. The third kappa shape index (κ3) is 3.65. The van der Waals surface area contributed by atoms with Crippen molar-refractivity contribution in [1.29, 1.82) is 0 Å². The minimum absolute atomic E-state index is 0.103. The van der Waals surface area contributed by atoms with E-state index in [-0.39, 0.29) is 30.1 Å². The van der Waals surface area contributed by atoms with Gasteiger partial charge in [-0.3, -0.25) is 14.2 Å². The van der Waals surface area contributed by atoms with Gasteiger partial charge in [-0.15, -0.1) is 0 Å². The second kappa shape index (κ2) is 7.66. The summed E-state index contributed by atoms with van der Waals surface area (Å²) in [6.07, 6.45) is 1.46. The highest BCUT2D eigenvalue weighted by Gasteiger charge is 2.17. The van der Waals surface area contributed by atoms with Gasteiger partial charge in [-0.2, -0.15) is 0 Å². The number of fused-ring (bicyclic) bond motifs is 1. The van der Waals surface area contributed by atoms with Crippen LogP contribution < -0.4 is 10.9 Å². The summed E-state index contributed by atoms with van der Waals surface area (Å²) >= 11 is 5.91. The van der Waals surface area contributed by atoms with E-state index in [4.69, 9.17) is 16.1 Å². The van der Waals surface area contributed by atoms with Crippen LogP contribution in [-0.2, 0) is 11.3 Å². The fourth-order valence-corrected chi connectivity index (χ4v) is 3.03. The maximum atomic E-state index is 12.9. The van der Waals surface area contributed by atoms with Gasteiger partial charge in [0.15, 0.2) is 0 Å². The summed E-state index contributed by atoms with van der Waals surface area (Å²) in [7, 11) is 0. The van der Waals surface area contributed by atoms with E-state index >= 15 is 0 Å². The highest BCUT2D eigenvalue weighted by Crippen LogP contribution is 2.23. The first kappa shape index (κ1) is 17.9. The van der Waals surface area contributed by atoms with Gasteiger partial charge in [0.2, 0.25) is 5.91 Å². The van der Waals surface area contributed by atoms with E-state index in [9.17, 15) is 9.59 Å². The summed E-state index contributed by atoms with van der Waals surface area (Å²) < 4.78 is 6.57. The average molecular weight is 395 g/mol. The molecule has 0 aliphatic heterocycles. The lowest BCUT2D eigenvalue weighted by Gasteiger charge is -2.07. The van der Waals surface area contributed by atoms with Gasteiger partial charge in [0.05, 0.1) is 0 Å². The summed E-state index contributed by atoms with van der Waals surface area (Å²) in [4.78, 5) is 29.2. The largest absolute Gasteiger partial charge is 0.335 e. The van der Waals surface area contributed by atoms with E-state index in [2.05, 4.69) is 15.5 Å². The number of hydrogen-bond donors (Lipinski definition) is 1. The van der Waals surface area contributed by atoms with Crippen molar-refractivity contribution in [2.75, 3.05) is 5.32 Å². The molecule has 2 aromatic heterocycles. The zero-order chi connectivity index (χ0) is 19.5. The molecule has 0 fully saturated rings. The number of benzene rings is 2. The highest BCUT2D eigenvalue weighted by molar-refractivity contribution is 6.30. The Labute approximate surface area is 164 Å². The number of aromatic nitrogens is 3. The van der Waals surface area contributed by atoms with Crippen molar-refractivity contribution in [3.05, 3.63) is 76.3 Å². The van der Waals surface area contributed by atoms with Crippen molar-refractivity contribution < 1.29 is 9.32 Å². The minimum atomic E-state index is -0.305. The van der Waals surface area contributed by atoms with Gasteiger partial charge < -0.3 is 9.84 Å². The maximum Gasteiger partial charge on any atom is 0.266 e. The molecular weight excluding hydrogens is 380 g/mol. The Morgan fingerprint density at radius 3 is 2.75 bits per heavy atom. The first-order chi connectivity index (χ1) is 13.6. The number of amides is 1. The summed E-state index contributed by atoms with van der Waals surface area (Å²) in [6.45, 7) is 0.174. The molecule has 0 bridgehead atoms. The Morgan fingerprint density at radius 2 is 1.96 bits per heavy atom. The number of anilines is 1. The average Bonchev–Trinajstić information content (AvgIpc) is 3.13. The lowest BCUT2D eigenvalue weighted by Crippen LogP contribution is -2.23. The van der Waals surface area contributed by atoms with Crippen molar-refractivity contribution >= 4 is 34.3 Å². The van der Waals surface area contributed by atoms with Gasteiger partial charge in [0, 0.05) is 29.2 Å². The van der Waals surface area contributed by atoms with E-state index in [1.807, 2.05) is 30.3 Å². The van der Waals surface area contributed by atoms with Crippen LogP contribution >= 0.6 is 11.6 Å². The minimum Gasteiger partial charge on any atom is -0.335 e. The number of nitrogens with one attached hydrogen (secondary N) is 1. The zero-order valence-corrected chi connectivity index (χ0v) is 15.4. The first-order valence-electron chi connectivity index (χ1n) is 8.57. The topological polar surface area (TPSA) is 90.0 Å². The smallest absolute Gasteiger partial charge is 0.266 e. The summed E-state index contributed by atoms with van der Waals surface area (Å²) in [5.41, 5.74) is 1.66. The van der Waals surface area contributed by atoms with Gasteiger partial charge >= 0.3 is 0 Å². The normalized spacial score (nSPS) is 10.9. The molecule has 0 atom stereocenters. The van der Waals surface area contributed by atoms with Crippen LogP contribution in [0.4, 0.5) is 5.69 Å². The fraction of sp³-hybridized carbons (Fsp3) is 0.100. The number of halogens is 1. The van der Waals surface area contributed by atoms with Crippen molar-refractivity contribution in [1.82, 2.24) is 14.7 Å². The van der Waals surface area contributed by atoms with E-state index in [1.165, 1.54) is 10.9 Å². The van der Waals surface area contributed by atoms with Gasteiger partial charge in [0.25, 0.3) is 11.3 Å². The van der Waals surface area contributed by atoms with Crippen LogP contribution in [0.15, 0.2) is 70.2 Å². The monoisotopic (exact) mass is 394 g/mol. The molecule has 0 saturated heterocycles. The van der Waals surface area contributed by atoms with Crippen LogP contribution in [0.5, 0.6) is 0 Å². The molecule has 0 aliphatic carbocycles. The molecule has 8 heteroatoms. The van der Waals surface area contributed by atoms with Crippen LogP contribution in [0.2, 0.25) is 5.02 Å². The standard InChI is InChI=1S/C20H15ClN4O3/c21-14-7-4-8-15(11-14)23-16(26)9-10-25-12-22-19-17(20(25)27)18(24-28-19)13-5-2-1-3-6-13/h1-8,11-12H,9-10H2,(H,23,26). The molecular formula is C20H15ClN4O3. The van der Waals surface area contributed by atoms with E-state index in [0.29, 0.717) is 21.8 Å². The van der Waals surface area contributed by atoms with Crippen LogP contribution in [-0.4, -0.2) is 20.6 Å². The molecule has 7 nitrogen and oxygen atoms in total. The second-order valence-corrected chi connectivity index (χ2v) is 6.57. The predicted octanol–water partition coefficient (Wildman–Crippen LogP) is 3.73. The Hall–Kier alpha value is -3.45. The molecule has 2 heterocycles. The van der Waals surface area contributed by atoms with Crippen molar-refractivity contribution in [3.8, 4) is 11.3 Å². The number of carbonyl (C=O) groups is 1. The molecule has 140 valence electrons. The lowest BCUT2D eigenvalue weighted by atomic mass is 10.1. The Morgan fingerprint density at radius 1 is 1.14 bits per heavy atom. The lowest BCUT2D eigenvalue weighted by molar-refractivity contribution is -0.116. The maximum absolute atomic E-state index is 12.9. The summed E-state index contributed by atoms with van der Waals surface area (Å²) in [5, 5.41) is 7.56. The molecule has 2 aromatic carbocycles. The predicted molar refractivity (Wildman–Crippen MR) is 106 cm³/mol. The Kier molecular flexibility index (Phi) is 4.90. The third-order valence-electron chi connectivity index (χ3n) is 4.20. The van der Waals surface area contributed by atoms with Gasteiger partial charge in [-0.25, -0.2) is 4.98 Å². The van der Waals surface area contributed by atoms with Crippen LogP contribution in [0.3, 0.4) is 0 Å². The highest BCUT2D eigenvalue weighted by atomic mass is 35.5. The molecule has 0 radical (unpaired) electrons. The Bertz CT molecular complexity index is 1200. The molecule has 0 aliphatic rings.